The smallest absolute Gasteiger partial charge is 0.193 e. The summed E-state index contributed by atoms with van der Waals surface area (Å²) in [4.78, 5) is 0. The zero-order valence-corrected chi connectivity index (χ0v) is 17.5. The average molecular weight is 326 g/mol. The van der Waals surface area contributed by atoms with Gasteiger partial charge in [-0.25, -0.2) is 0 Å². The Hall–Kier alpha value is 0.354. The third-order valence-corrected chi connectivity index (χ3v) is 13.8. The van der Waals surface area contributed by atoms with Crippen LogP contribution < -0.4 is 0 Å². The van der Waals surface area contributed by atoms with Crippen LogP contribution >= 0.6 is 0 Å². The molecule has 0 aromatic rings. The molecule has 4 heteroatoms. The van der Waals surface area contributed by atoms with Gasteiger partial charge in [-0.05, 0) is 42.7 Å². The van der Waals surface area contributed by atoms with Crippen LogP contribution in [0.25, 0.3) is 0 Å². The minimum absolute atomic E-state index is 0.193. The molecule has 0 heterocycles. The van der Waals surface area contributed by atoms with E-state index in [4.69, 9.17) is 8.85 Å². The van der Waals surface area contributed by atoms with E-state index in [9.17, 15) is 0 Å². The molecule has 1 aliphatic rings. The molecule has 0 aromatic heterocycles. The molecule has 2 nitrogen and oxygen atoms in total. The van der Waals surface area contributed by atoms with Crippen LogP contribution in [0.1, 0.15) is 41.5 Å². The highest BCUT2D eigenvalue weighted by atomic mass is 28.4. The highest BCUT2D eigenvalue weighted by molar-refractivity contribution is 6.75. The van der Waals surface area contributed by atoms with Crippen LogP contribution in [0, 0.1) is 31.5 Å². The Labute approximate surface area is 135 Å². The normalized spacial score (nSPS) is 20.3. The molecule has 0 amide bonds. The molecule has 1 aliphatic carbocycles. The van der Waals surface area contributed by atoms with E-state index < -0.39 is 16.6 Å². The van der Waals surface area contributed by atoms with Crippen molar-refractivity contribution < 1.29 is 8.85 Å². The molecule has 0 unspecified atom stereocenters. The summed E-state index contributed by atoms with van der Waals surface area (Å²) in [5.74, 6) is 0. The van der Waals surface area contributed by atoms with Gasteiger partial charge in [-0.1, -0.05) is 41.5 Å². The van der Waals surface area contributed by atoms with Crippen molar-refractivity contribution in [3.05, 3.63) is 31.5 Å². The quantitative estimate of drug-likeness (QED) is 0.615. The summed E-state index contributed by atoms with van der Waals surface area (Å²) in [6.07, 6.45) is 7.97. The molecular weight excluding hydrogens is 292 g/mol. The maximum absolute atomic E-state index is 6.43. The Balaban J connectivity index is 2.78. The fourth-order valence-electron chi connectivity index (χ4n) is 1.41. The Morgan fingerprint density at radius 1 is 0.667 bits per heavy atom. The van der Waals surface area contributed by atoms with Crippen molar-refractivity contribution >= 4 is 16.6 Å². The Bertz CT molecular complexity index is 317. The lowest BCUT2D eigenvalue weighted by molar-refractivity contribution is 0.230. The second kappa shape index (κ2) is 6.10. The van der Waals surface area contributed by atoms with Crippen LogP contribution in [-0.2, 0) is 8.85 Å². The van der Waals surface area contributed by atoms with Crippen LogP contribution in [0.2, 0.25) is 36.3 Å². The minimum Gasteiger partial charge on any atom is -0.405 e. The molecule has 0 atom stereocenters. The molecule has 1 rings (SSSR count). The standard InChI is InChI=1S/C17H33O2Si2/c1-16(2,3)20(7,8)18-14-12-11-13-15(14)19-21(9,10)17(4,5)6/h11-13H,1-10H3. The van der Waals surface area contributed by atoms with E-state index in [2.05, 4.69) is 67.7 Å². The van der Waals surface area contributed by atoms with Gasteiger partial charge in [-0.15, -0.1) is 0 Å². The predicted octanol–water partition coefficient (Wildman–Crippen LogP) is 5.72. The summed E-state index contributed by atoms with van der Waals surface area (Å²) in [6.45, 7) is 22.7. The second-order valence-corrected chi connectivity index (χ2v) is 18.4. The van der Waals surface area contributed by atoms with Crippen LogP contribution in [0.3, 0.4) is 0 Å². The largest absolute Gasteiger partial charge is 0.405 e. The van der Waals surface area contributed by atoms with Crippen LogP contribution in [-0.4, -0.2) is 16.6 Å². The predicted molar refractivity (Wildman–Crippen MR) is 96.0 cm³/mol. The Kier molecular flexibility index (Phi) is 5.64. The van der Waals surface area contributed by atoms with Crippen molar-refractivity contribution in [3.63, 3.8) is 0 Å². The molecular formula is C17H33O2Si2. The van der Waals surface area contributed by atoms with E-state index in [0.717, 1.165) is 12.2 Å². The molecule has 0 spiro atoms. The first-order valence-corrected chi connectivity index (χ1v) is 13.6. The molecule has 0 bridgehead atoms. The highest BCUT2D eigenvalue weighted by Gasteiger charge is 2.47. The van der Waals surface area contributed by atoms with Gasteiger partial charge in [0.2, 0.25) is 0 Å². The van der Waals surface area contributed by atoms with Gasteiger partial charge in [-0.2, -0.15) is 0 Å². The molecule has 0 aromatic carbocycles. The van der Waals surface area contributed by atoms with E-state index in [1.54, 1.807) is 0 Å². The minimum atomic E-state index is -1.83. The average Bonchev–Trinajstić information content (AvgIpc) is 2.60. The Morgan fingerprint density at radius 2 is 0.952 bits per heavy atom. The van der Waals surface area contributed by atoms with Crippen molar-refractivity contribution in [1.82, 2.24) is 0 Å². The van der Waals surface area contributed by atoms with Crippen molar-refractivity contribution in [2.45, 2.75) is 77.8 Å². The fraction of sp³-hybridized carbons (Fsp3) is 0.706. The van der Waals surface area contributed by atoms with Gasteiger partial charge >= 0.3 is 0 Å². The zero-order valence-electron chi connectivity index (χ0n) is 15.5. The van der Waals surface area contributed by atoms with Gasteiger partial charge < -0.3 is 8.85 Å². The van der Waals surface area contributed by atoms with Gasteiger partial charge in [0, 0.05) is 12.8 Å². The summed E-state index contributed by atoms with van der Waals surface area (Å²) in [6, 6.07) is 0. The highest BCUT2D eigenvalue weighted by Crippen LogP contribution is 2.47. The van der Waals surface area contributed by atoms with Crippen molar-refractivity contribution in [3.8, 4) is 0 Å². The second-order valence-electron chi connectivity index (χ2n) is 8.98. The lowest BCUT2D eigenvalue weighted by Gasteiger charge is -2.42. The van der Waals surface area contributed by atoms with Crippen LogP contribution in [0.15, 0.2) is 0 Å². The van der Waals surface area contributed by atoms with Gasteiger partial charge in [0.25, 0.3) is 0 Å². The monoisotopic (exact) mass is 325 g/mol. The summed E-state index contributed by atoms with van der Waals surface area (Å²) in [7, 11) is -3.65. The molecule has 0 aliphatic heterocycles. The van der Waals surface area contributed by atoms with Crippen LogP contribution in [0.5, 0.6) is 0 Å². The van der Waals surface area contributed by atoms with Gasteiger partial charge in [-0.3, -0.25) is 0 Å². The third kappa shape index (κ3) is 4.66. The van der Waals surface area contributed by atoms with Gasteiger partial charge in [0.15, 0.2) is 16.6 Å². The van der Waals surface area contributed by atoms with Gasteiger partial charge in [0.1, 0.15) is 12.2 Å². The summed E-state index contributed by atoms with van der Waals surface area (Å²) in [5, 5.41) is 0.386. The van der Waals surface area contributed by atoms with E-state index >= 15 is 0 Å². The van der Waals surface area contributed by atoms with Crippen molar-refractivity contribution in [2.24, 2.45) is 0 Å². The lowest BCUT2D eigenvalue weighted by Crippen LogP contribution is -2.45. The van der Waals surface area contributed by atoms with E-state index in [-0.39, 0.29) is 10.1 Å². The fourth-order valence-corrected chi connectivity index (χ4v) is 3.46. The molecule has 121 valence electrons. The summed E-state index contributed by atoms with van der Waals surface area (Å²) >= 11 is 0. The molecule has 1 saturated carbocycles. The SMILES string of the molecule is CC(C)(C)[Si](C)(C)O[C]1[CH][CH][CH][C]1O[Si](C)(C)C(C)(C)C. The number of rotatable bonds is 4. The van der Waals surface area contributed by atoms with Crippen LogP contribution in [0.4, 0.5) is 0 Å². The first kappa shape index (κ1) is 19.4. The summed E-state index contributed by atoms with van der Waals surface area (Å²) < 4.78 is 12.9. The van der Waals surface area contributed by atoms with E-state index in [0.29, 0.717) is 0 Å². The maximum Gasteiger partial charge on any atom is 0.193 e. The molecule has 0 saturated heterocycles. The number of hydrogen-bond donors (Lipinski definition) is 0. The molecule has 21 heavy (non-hydrogen) atoms. The zero-order chi connectivity index (χ0) is 16.7. The molecule has 1 fully saturated rings. The third-order valence-electron chi connectivity index (χ3n) is 5.08. The van der Waals surface area contributed by atoms with E-state index in [1.165, 1.54) is 0 Å². The topological polar surface area (TPSA) is 18.5 Å². The lowest BCUT2D eigenvalue weighted by atomic mass is 10.2. The molecule has 0 N–H and O–H groups in total. The van der Waals surface area contributed by atoms with Crippen molar-refractivity contribution in [2.75, 3.05) is 0 Å². The van der Waals surface area contributed by atoms with E-state index in [1.807, 2.05) is 19.3 Å². The first-order chi connectivity index (χ1) is 9.17. The van der Waals surface area contributed by atoms with Crippen molar-refractivity contribution in [1.29, 1.82) is 0 Å². The molecule has 5 radical (unpaired) electrons. The maximum atomic E-state index is 6.43. The number of hydrogen-bond acceptors (Lipinski definition) is 2. The van der Waals surface area contributed by atoms with Gasteiger partial charge in [0.05, 0.1) is 0 Å². The Morgan fingerprint density at radius 3 is 1.19 bits per heavy atom. The summed E-state index contributed by atoms with van der Waals surface area (Å²) in [5.41, 5.74) is 0. The first-order valence-electron chi connectivity index (χ1n) is 7.81.